The fraction of sp³-hybridized carbons (Fsp3) is 0.700. The summed E-state index contributed by atoms with van der Waals surface area (Å²) < 4.78 is 26.9. The first-order valence-electron chi connectivity index (χ1n) is 5.56. The van der Waals surface area contributed by atoms with Gasteiger partial charge >= 0.3 is 0 Å². The molecule has 2 heterocycles. The van der Waals surface area contributed by atoms with Crippen LogP contribution < -0.4 is 0 Å². The topological polar surface area (TPSA) is 50.3 Å². The zero-order valence-corrected chi connectivity index (χ0v) is 12.1. The van der Waals surface area contributed by atoms with Crippen LogP contribution in [0.15, 0.2) is 10.4 Å². The smallest absolute Gasteiger partial charge is 0.232 e. The highest BCUT2D eigenvalue weighted by molar-refractivity contribution is 7.91. The van der Waals surface area contributed by atoms with E-state index >= 15 is 0 Å². The molecule has 96 valence electrons. The summed E-state index contributed by atoms with van der Waals surface area (Å²) in [6, 6.07) is 0.0980. The molecule has 1 unspecified atom stereocenters. The lowest BCUT2D eigenvalue weighted by molar-refractivity contribution is 0.316. The highest BCUT2D eigenvalue weighted by Gasteiger charge is 2.37. The molecule has 0 spiro atoms. The van der Waals surface area contributed by atoms with E-state index in [1.165, 1.54) is 6.20 Å². The Morgan fingerprint density at radius 3 is 2.82 bits per heavy atom. The van der Waals surface area contributed by atoms with Crippen LogP contribution in [-0.2, 0) is 10.0 Å². The third kappa shape index (κ3) is 2.50. The van der Waals surface area contributed by atoms with Gasteiger partial charge in [-0.15, -0.1) is 0 Å². The molecule has 0 bridgehead atoms. The van der Waals surface area contributed by atoms with Crippen LogP contribution in [0.3, 0.4) is 0 Å². The minimum Gasteiger partial charge on any atom is -0.232 e. The van der Waals surface area contributed by atoms with Crippen molar-refractivity contribution in [3.63, 3.8) is 0 Å². The molecule has 1 atom stereocenters. The lowest BCUT2D eigenvalue weighted by Gasteiger charge is -2.25. The van der Waals surface area contributed by atoms with Crippen LogP contribution in [0.25, 0.3) is 0 Å². The molecular formula is C10H15ClN2O2S2. The van der Waals surface area contributed by atoms with Gasteiger partial charge in [0.15, 0.2) is 8.68 Å². The Morgan fingerprint density at radius 2 is 2.29 bits per heavy atom. The minimum atomic E-state index is -3.41. The Hall–Kier alpha value is -0.170. The second-order valence-corrected chi connectivity index (χ2v) is 8.23. The Kier molecular flexibility index (Phi) is 3.77. The van der Waals surface area contributed by atoms with Crippen molar-refractivity contribution in [2.75, 3.05) is 6.54 Å². The molecule has 1 aliphatic heterocycles. The van der Waals surface area contributed by atoms with E-state index < -0.39 is 10.0 Å². The summed E-state index contributed by atoms with van der Waals surface area (Å²) in [5, 5.41) is 0. The molecule has 2 rings (SSSR count). The summed E-state index contributed by atoms with van der Waals surface area (Å²) in [6.07, 6.45) is 3.20. The molecule has 0 amide bonds. The fourth-order valence-electron chi connectivity index (χ4n) is 2.20. The van der Waals surface area contributed by atoms with E-state index in [1.54, 1.807) is 4.31 Å². The van der Waals surface area contributed by atoms with E-state index in [1.807, 2.05) is 0 Å². The molecule has 0 radical (unpaired) electrons. The fourth-order valence-corrected chi connectivity index (χ4v) is 5.45. The molecule has 0 saturated carbocycles. The van der Waals surface area contributed by atoms with Gasteiger partial charge in [-0.3, -0.25) is 0 Å². The summed E-state index contributed by atoms with van der Waals surface area (Å²) in [5.41, 5.74) is 0. The maximum atomic E-state index is 12.4. The van der Waals surface area contributed by atoms with E-state index in [4.69, 9.17) is 11.6 Å². The molecule has 1 aromatic heterocycles. The molecular weight excluding hydrogens is 280 g/mol. The number of nitrogens with zero attached hydrogens (tertiary/aromatic N) is 2. The van der Waals surface area contributed by atoms with Crippen molar-refractivity contribution in [1.82, 2.24) is 9.29 Å². The van der Waals surface area contributed by atoms with Crippen LogP contribution in [0, 0.1) is 5.92 Å². The van der Waals surface area contributed by atoms with Crippen LogP contribution in [0.2, 0.25) is 4.47 Å². The third-order valence-electron chi connectivity index (χ3n) is 3.04. The number of hydrogen-bond donors (Lipinski definition) is 0. The van der Waals surface area contributed by atoms with Gasteiger partial charge in [0.05, 0.1) is 6.20 Å². The number of halogens is 1. The van der Waals surface area contributed by atoms with Gasteiger partial charge in [0.1, 0.15) is 0 Å². The Labute approximate surface area is 111 Å². The number of sulfonamides is 1. The molecule has 1 saturated heterocycles. The van der Waals surface area contributed by atoms with Crippen molar-refractivity contribution in [3.05, 3.63) is 10.7 Å². The molecule has 7 heteroatoms. The number of hydrogen-bond acceptors (Lipinski definition) is 4. The van der Waals surface area contributed by atoms with Crippen LogP contribution in [0.4, 0.5) is 0 Å². The normalized spacial score (nSPS) is 22.5. The highest BCUT2D eigenvalue weighted by Crippen LogP contribution is 2.32. The highest BCUT2D eigenvalue weighted by atomic mass is 35.5. The first-order chi connectivity index (χ1) is 7.93. The second-order valence-electron chi connectivity index (χ2n) is 4.50. The van der Waals surface area contributed by atoms with E-state index in [-0.39, 0.29) is 14.7 Å². The zero-order valence-electron chi connectivity index (χ0n) is 9.76. The predicted octanol–water partition coefficient (Wildman–Crippen LogP) is 2.61. The first-order valence-corrected chi connectivity index (χ1v) is 8.19. The molecule has 0 aliphatic carbocycles. The summed E-state index contributed by atoms with van der Waals surface area (Å²) in [7, 11) is -3.41. The average Bonchev–Trinajstić information content (AvgIpc) is 2.84. The van der Waals surface area contributed by atoms with Gasteiger partial charge in [0.2, 0.25) is 0 Å². The van der Waals surface area contributed by atoms with Crippen molar-refractivity contribution in [3.8, 4) is 0 Å². The van der Waals surface area contributed by atoms with Gasteiger partial charge < -0.3 is 0 Å². The van der Waals surface area contributed by atoms with Gasteiger partial charge in [0, 0.05) is 12.6 Å². The summed E-state index contributed by atoms with van der Waals surface area (Å²) >= 11 is 6.72. The second kappa shape index (κ2) is 4.84. The van der Waals surface area contributed by atoms with Crippen LogP contribution in [-0.4, -0.2) is 30.3 Å². The van der Waals surface area contributed by atoms with Crippen LogP contribution >= 0.6 is 22.9 Å². The molecule has 0 aromatic carbocycles. The lowest BCUT2D eigenvalue weighted by atomic mass is 10.0. The quantitative estimate of drug-likeness (QED) is 0.861. The summed E-state index contributed by atoms with van der Waals surface area (Å²) in [6.45, 7) is 4.71. The van der Waals surface area contributed by atoms with Gasteiger partial charge in [-0.25, -0.2) is 13.4 Å². The average molecular weight is 295 g/mol. The molecule has 4 nitrogen and oxygen atoms in total. The number of aromatic nitrogens is 1. The summed E-state index contributed by atoms with van der Waals surface area (Å²) in [4.78, 5) is 3.80. The Bertz CT molecular complexity index is 498. The van der Waals surface area contributed by atoms with Crippen molar-refractivity contribution in [2.24, 2.45) is 5.92 Å². The van der Waals surface area contributed by atoms with Gasteiger partial charge in [0.25, 0.3) is 10.0 Å². The molecule has 17 heavy (non-hydrogen) atoms. The van der Waals surface area contributed by atoms with E-state index in [2.05, 4.69) is 18.8 Å². The molecule has 1 fully saturated rings. The van der Waals surface area contributed by atoms with Crippen molar-refractivity contribution < 1.29 is 8.42 Å². The SMILES string of the molecule is CC(C)C1CCCN1S(=O)(=O)c1cnc(Cl)s1. The van der Waals surface area contributed by atoms with Gasteiger partial charge in [-0.2, -0.15) is 4.31 Å². The predicted molar refractivity (Wildman–Crippen MR) is 68.9 cm³/mol. The zero-order chi connectivity index (χ0) is 12.6. The standard InChI is InChI=1S/C10H15ClN2O2S2/c1-7(2)8-4-3-5-13(8)17(14,15)9-6-12-10(11)16-9/h6-8H,3-5H2,1-2H3. The minimum absolute atomic E-state index is 0.0980. The first kappa shape index (κ1) is 13.3. The number of rotatable bonds is 3. The largest absolute Gasteiger partial charge is 0.254 e. The summed E-state index contributed by atoms with van der Waals surface area (Å²) in [5.74, 6) is 0.329. The maximum Gasteiger partial charge on any atom is 0.254 e. The van der Waals surface area contributed by atoms with Crippen LogP contribution in [0.1, 0.15) is 26.7 Å². The maximum absolute atomic E-state index is 12.4. The Morgan fingerprint density at radius 1 is 1.59 bits per heavy atom. The molecule has 1 aromatic rings. The van der Waals surface area contributed by atoms with E-state index in [0.29, 0.717) is 12.5 Å². The van der Waals surface area contributed by atoms with E-state index in [0.717, 1.165) is 24.2 Å². The third-order valence-corrected chi connectivity index (χ3v) is 6.51. The van der Waals surface area contributed by atoms with Crippen molar-refractivity contribution >= 4 is 33.0 Å². The molecule has 0 N–H and O–H groups in total. The molecule has 1 aliphatic rings. The van der Waals surface area contributed by atoms with E-state index in [9.17, 15) is 8.42 Å². The monoisotopic (exact) mass is 294 g/mol. The van der Waals surface area contributed by atoms with Crippen molar-refractivity contribution in [1.29, 1.82) is 0 Å². The Balaban J connectivity index is 2.32. The van der Waals surface area contributed by atoms with Crippen LogP contribution in [0.5, 0.6) is 0 Å². The lowest BCUT2D eigenvalue weighted by Crippen LogP contribution is -2.38. The van der Waals surface area contributed by atoms with Gasteiger partial charge in [-0.05, 0) is 18.8 Å². The number of thiazole rings is 1. The van der Waals surface area contributed by atoms with Gasteiger partial charge in [-0.1, -0.05) is 36.8 Å². The van der Waals surface area contributed by atoms with Crippen molar-refractivity contribution in [2.45, 2.75) is 36.9 Å².